The monoisotopic (exact) mass is 183 g/mol. The minimum Gasteiger partial charge on any atom is -0.437 e. The van der Waals surface area contributed by atoms with E-state index in [1.807, 2.05) is 4.81 Å². The van der Waals surface area contributed by atoms with Gasteiger partial charge in [0.15, 0.2) is 0 Å². The molecule has 0 radical (unpaired) electrons. The van der Waals surface area contributed by atoms with Crippen molar-refractivity contribution in [3.05, 3.63) is 12.7 Å². The molecule has 1 heterocycles. The van der Waals surface area contributed by atoms with E-state index in [1.165, 1.54) is 0 Å². The Morgan fingerprint density at radius 2 is 2.08 bits per heavy atom. The minimum absolute atomic E-state index is 0.395. The molecule has 0 aromatic rings. The quantitative estimate of drug-likeness (QED) is 0.494. The van der Waals surface area contributed by atoms with Gasteiger partial charge < -0.3 is 14.9 Å². The lowest BCUT2D eigenvalue weighted by atomic mass is 9.79. The number of aliphatic hydroxyl groups is 1. The maximum absolute atomic E-state index is 9.99. The molecule has 2 N–H and O–H groups in total. The second kappa shape index (κ2) is 4.27. The molecule has 74 valence electrons. The summed E-state index contributed by atoms with van der Waals surface area (Å²) in [4.78, 5) is 1.97. The fourth-order valence-electron chi connectivity index (χ4n) is 1.79. The van der Waals surface area contributed by atoms with E-state index in [0.717, 1.165) is 25.9 Å². The molecule has 0 saturated carbocycles. The van der Waals surface area contributed by atoms with Crippen molar-refractivity contribution in [3.8, 4) is 0 Å². The van der Waals surface area contributed by atoms with Crippen LogP contribution in [0.25, 0.3) is 0 Å². The van der Waals surface area contributed by atoms with Crippen LogP contribution in [-0.4, -0.2) is 40.7 Å². The Balaban J connectivity index is 2.41. The molecule has 0 aliphatic carbocycles. The van der Waals surface area contributed by atoms with Crippen LogP contribution in [0.2, 0.25) is 6.82 Å². The molecule has 0 aromatic carbocycles. The van der Waals surface area contributed by atoms with E-state index < -0.39 is 12.7 Å². The first-order valence-electron chi connectivity index (χ1n) is 4.83. The highest BCUT2D eigenvalue weighted by Gasteiger charge is 2.32. The molecule has 1 aliphatic heterocycles. The van der Waals surface area contributed by atoms with Crippen LogP contribution in [-0.2, 0) is 0 Å². The summed E-state index contributed by atoms with van der Waals surface area (Å²) in [5.74, 6) is 0. The summed E-state index contributed by atoms with van der Waals surface area (Å²) < 4.78 is 0. The predicted molar refractivity (Wildman–Crippen MR) is 54.4 cm³/mol. The lowest BCUT2D eigenvalue weighted by molar-refractivity contribution is -0.00510. The number of rotatable bonds is 3. The average Bonchev–Trinajstić information content (AvgIpc) is 2.05. The van der Waals surface area contributed by atoms with E-state index in [-0.39, 0.29) is 0 Å². The molecule has 3 nitrogen and oxygen atoms in total. The highest BCUT2D eigenvalue weighted by molar-refractivity contribution is 6.45. The molecule has 0 atom stereocenters. The molecular weight excluding hydrogens is 165 g/mol. The lowest BCUT2D eigenvalue weighted by Gasteiger charge is -2.38. The van der Waals surface area contributed by atoms with E-state index in [1.54, 1.807) is 12.9 Å². The molecule has 0 bridgehead atoms. The zero-order valence-corrected chi connectivity index (χ0v) is 8.24. The van der Waals surface area contributed by atoms with Crippen LogP contribution < -0.4 is 0 Å². The second-order valence-corrected chi connectivity index (χ2v) is 3.88. The molecule has 1 aliphatic rings. The minimum atomic E-state index is -0.576. The zero-order valence-electron chi connectivity index (χ0n) is 8.24. The largest absolute Gasteiger partial charge is 0.437 e. The van der Waals surface area contributed by atoms with Gasteiger partial charge in [0.05, 0.1) is 5.60 Å². The summed E-state index contributed by atoms with van der Waals surface area (Å²) >= 11 is 0. The van der Waals surface area contributed by atoms with Gasteiger partial charge >= 0.3 is 7.05 Å². The van der Waals surface area contributed by atoms with Crippen molar-refractivity contribution >= 4 is 7.05 Å². The van der Waals surface area contributed by atoms with Crippen molar-refractivity contribution < 1.29 is 10.1 Å². The Labute approximate surface area is 80.2 Å². The van der Waals surface area contributed by atoms with Gasteiger partial charge in [0.2, 0.25) is 0 Å². The number of piperidine rings is 1. The Kier molecular flexibility index (Phi) is 3.53. The highest BCUT2D eigenvalue weighted by Crippen LogP contribution is 2.25. The molecule has 0 aromatic heterocycles. The van der Waals surface area contributed by atoms with Crippen molar-refractivity contribution in [2.75, 3.05) is 13.1 Å². The van der Waals surface area contributed by atoms with E-state index in [2.05, 4.69) is 6.58 Å². The van der Waals surface area contributed by atoms with Crippen LogP contribution in [0.3, 0.4) is 0 Å². The van der Waals surface area contributed by atoms with Gasteiger partial charge in [0, 0.05) is 0 Å². The van der Waals surface area contributed by atoms with E-state index in [9.17, 15) is 10.1 Å². The summed E-state index contributed by atoms with van der Waals surface area (Å²) in [5.41, 5.74) is -0.576. The molecule has 1 saturated heterocycles. The third-order valence-corrected chi connectivity index (χ3v) is 2.78. The van der Waals surface area contributed by atoms with E-state index in [0.29, 0.717) is 6.42 Å². The molecule has 0 amide bonds. The Bertz CT molecular complexity index is 176. The smallest absolute Gasteiger partial charge is 0.376 e. The number of nitrogens with zero attached hydrogens (tertiary/aromatic N) is 1. The summed E-state index contributed by atoms with van der Waals surface area (Å²) in [6.45, 7) is 6.92. The first kappa shape index (κ1) is 10.8. The van der Waals surface area contributed by atoms with Gasteiger partial charge in [0.25, 0.3) is 0 Å². The molecule has 4 heteroatoms. The van der Waals surface area contributed by atoms with Gasteiger partial charge in [-0.3, -0.25) is 0 Å². The maximum atomic E-state index is 9.99. The summed E-state index contributed by atoms with van der Waals surface area (Å²) in [6, 6.07) is 0. The Morgan fingerprint density at radius 1 is 1.54 bits per heavy atom. The summed E-state index contributed by atoms with van der Waals surface area (Å²) in [6.07, 6.45) is 3.87. The van der Waals surface area contributed by atoms with Crippen molar-refractivity contribution in [2.24, 2.45) is 0 Å². The SMILES string of the molecule is C=CCC1(O)CCN(B(C)O)CC1. The Hall–Kier alpha value is -0.315. The van der Waals surface area contributed by atoms with Crippen molar-refractivity contribution in [1.82, 2.24) is 4.81 Å². The predicted octanol–water partition coefficient (Wildman–Crippen LogP) is 0.500. The van der Waals surface area contributed by atoms with E-state index in [4.69, 9.17) is 0 Å². The first-order chi connectivity index (χ1) is 6.07. The fourth-order valence-corrected chi connectivity index (χ4v) is 1.79. The molecule has 0 spiro atoms. The van der Waals surface area contributed by atoms with Crippen LogP contribution >= 0.6 is 0 Å². The van der Waals surface area contributed by atoms with Gasteiger partial charge in [-0.05, 0) is 39.2 Å². The average molecular weight is 183 g/mol. The zero-order chi connectivity index (χ0) is 9.90. The molecule has 1 rings (SSSR count). The first-order valence-corrected chi connectivity index (χ1v) is 4.83. The number of hydrogen-bond acceptors (Lipinski definition) is 3. The van der Waals surface area contributed by atoms with Gasteiger partial charge in [-0.2, -0.15) is 0 Å². The second-order valence-electron chi connectivity index (χ2n) is 3.88. The molecule has 1 fully saturated rings. The maximum Gasteiger partial charge on any atom is 0.376 e. The van der Waals surface area contributed by atoms with Crippen LogP contribution in [0.15, 0.2) is 12.7 Å². The molecular formula is C9H18BNO2. The van der Waals surface area contributed by atoms with E-state index >= 15 is 0 Å². The molecule has 0 unspecified atom stereocenters. The summed E-state index contributed by atoms with van der Waals surface area (Å²) in [5, 5.41) is 19.3. The normalized spacial score (nSPS) is 22.7. The topological polar surface area (TPSA) is 43.7 Å². The molecule has 13 heavy (non-hydrogen) atoms. The summed E-state index contributed by atoms with van der Waals surface area (Å²) in [7, 11) is -0.395. The van der Waals surface area contributed by atoms with Gasteiger partial charge in [-0.1, -0.05) is 6.08 Å². The van der Waals surface area contributed by atoms with Crippen LogP contribution in [0.1, 0.15) is 19.3 Å². The van der Waals surface area contributed by atoms with Crippen molar-refractivity contribution in [2.45, 2.75) is 31.7 Å². The van der Waals surface area contributed by atoms with Crippen molar-refractivity contribution in [3.63, 3.8) is 0 Å². The van der Waals surface area contributed by atoms with Crippen LogP contribution in [0.4, 0.5) is 0 Å². The fraction of sp³-hybridized carbons (Fsp3) is 0.778. The van der Waals surface area contributed by atoms with Gasteiger partial charge in [-0.15, -0.1) is 6.58 Å². The third kappa shape index (κ3) is 2.83. The highest BCUT2D eigenvalue weighted by atomic mass is 16.3. The number of hydrogen-bond donors (Lipinski definition) is 2. The van der Waals surface area contributed by atoms with Crippen LogP contribution in [0.5, 0.6) is 0 Å². The van der Waals surface area contributed by atoms with Gasteiger partial charge in [0.1, 0.15) is 0 Å². The van der Waals surface area contributed by atoms with Crippen molar-refractivity contribution in [1.29, 1.82) is 0 Å². The third-order valence-electron chi connectivity index (χ3n) is 2.78. The Morgan fingerprint density at radius 3 is 2.46 bits per heavy atom. The lowest BCUT2D eigenvalue weighted by Crippen LogP contribution is -2.49. The van der Waals surface area contributed by atoms with Gasteiger partial charge in [-0.25, -0.2) is 0 Å². The van der Waals surface area contributed by atoms with Crippen LogP contribution in [0, 0.1) is 0 Å². The standard InChI is InChI=1S/C9H18BNO2/c1-3-4-9(12)5-7-11(8-6-9)10(2)13/h3,12-13H,1,4-8H2,2H3.